The molecule has 0 aliphatic rings. The molecule has 320 valence electrons. The molecule has 6 nitrogen and oxygen atoms in total. The minimum absolute atomic E-state index is 0.0637. The second kappa shape index (κ2) is 42.6. The van der Waals surface area contributed by atoms with Crippen LogP contribution in [0.15, 0.2) is 0 Å². The number of carbonyl (C=O) groups excluding carboxylic acids is 3. The molecule has 0 radical (unpaired) electrons. The van der Waals surface area contributed by atoms with E-state index < -0.39 is 6.10 Å². The second-order valence-electron chi connectivity index (χ2n) is 16.9. The monoisotopic (exact) mass is 765 g/mol. The summed E-state index contributed by atoms with van der Waals surface area (Å²) in [4.78, 5) is 37.6. The van der Waals surface area contributed by atoms with Crippen molar-refractivity contribution in [2.45, 2.75) is 271 Å². The molecule has 0 heterocycles. The van der Waals surface area contributed by atoms with Gasteiger partial charge in [0.1, 0.15) is 13.2 Å². The smallest absolute Gasteiger partial charge is 0.306 e. The van der Waals surface area contributed by atoms with Crippen LogP contribution >= 0.6 is 0 Å². The first-order chi connectivity index (χ1) is 26.4. The molecule has 0 rings (SSSR count). The summed E-state index contributed by atoms with van der Waals surface area (Å²) < 4.78 is 16.7. The lowest BCUT2D eigenvalue weighted by molar-refractivity contribution is -0.167. The summed E-state index contributed by atoms with van der Waals surface area (Å²) in [5.74, 6) is -0.00587. The summed E-state index contributed by atoms with van der Waals surface area (Å²) in [6.07, 6.45) is 42.5. The van der Waals surface area contributed by atoms with Crippen molar-refractivity contribution >= 4 is 17.9 Å². The molecule has 0 N–H and O–H groups in total. The Hall–Kier alpha value is -1.59. The Morgan fingerprint density at radius 1 is 0.352 bits per heavy atom. The molecule has 0 spiro atoms. The van der Waals surface area contributed by atoms with Crippen molar-refractivity contribution in [2.75, 3.05) is 13.2 Å². The molecule has 0 aliphatic carbocycles. The maximum absolute atomic E-state index is 12.7. The largest absolute Gasteiger partial charge is 0.462 e. The Labute approximate surface area is 336 Å². The number of esters is 3. The molecule has 0 aromatic rings. The van der Waals surface area contributed by atoms with Crippen molar-refractivity contribution in [1.82, 2.24) is 0 Å². The predicted octanol–water partition coefficient (Wildman–Crippen LogP) is 15.1. The van der Waals surface area contributed by atoms with Gasteiger partial charge in [-0.15, -0.1) is 0 Å². The van der Waals surface area contributed by atoms with E-state index in [9.17, 15) is 14.4 Å². The molecule has 0 saturated carbocycles. The first kappa shape index (κ1) is 52.4. The van der Waals surface area contributed by atoms with Crippen LogP contribution in [-0.4, -0.2) is 37.2 Å². The molecule has 0 aliphatic heterocycles. The van der Waals surface area contributed by atoms with E-state index in [0.29, 0.717) is 19.3 Å². The van der Waals surface area contributed by atoms with Crippen LogP contribution in [0, 0.1) is 5.92 Å². The molecule has 1 atom stereocenters. The first-order valence-electron chi connectivity index (χ1n) is 23.9. The molecular weight excluding hydrogens is 673 g/mol. The lowest BCUT2D eigenvalue weighted by Crippen LogP contribution is -2.30. The van der Waals surface area contributed by atoms with E-state index in [-0.39, 0.29) is 31.1 Å². The van der Waals surface area contributed by atoms with Crippen molar-refractivity contribution in [3.8, 4) is 0 Å². The van der Waals surface area contributed by atoms with E-state index in [4.69, 9.17) is 14.2 Å². The maximum atomic E-state index is 12.7. The third kappa shape index (κ3) is 41.6. The van der Waals surface area contributed by atoms with Gasteiger partial charge in [-0.3, -0.25) is 14.4 Å². The number of hydrogen-bond donors (Lipinski definition) is 0. The minimum Gasteiger partial charge on any atom is -0.462 e. The molecule has 0 amide bonds. The lowest BCUT2D eigenvalue weighted by Gasteiger charge is -2.18. The van der Waals surface area contributed by atoms with Crippen LogP contribution in [0.2, 0.25) is 0 Å². The van der Waals surface area contributed by atoms with E-state index in [1.165, 1.54) is 161 Å². The van der Waals surface area contributed by atoms with Gasteiger partial charge in [-0.1, -0.05) is 227 Å². The summed E-state index contributed by atoms with van der Waals surface area (Å²) in [5, 5.41) is 0. The SMILES string of the molecule is CCCCCCCCCCCCC(=O)O[C@@H](COC(=O)CCCCCCCCC)COC(=O)CCCCCCCCCCCCCCCCCCC(C)C. The average Bonchev–Trinajstić information content (AvgIpc) is 3.15. The Morgan fingerprint density at radius 2 is 0.611 bits per heavy atom. The van der Waals surface area contributed by atoms with Gasteiger partial charge in [0, 0.05) is 19.3 Å². The van der Waals surface area contributed by atoms with Crippen LogP contribution in [0.4, 0.5) is 0 Å². The summed E-state index contributed by atoms with van der Waals surface area (Å²) in [6, 6.07) is 0. The number of carbonyl (C=O) groups is 3. The fraction of sp³-hybridized carbons (Fsp3) is 0.938. The normalized spacial score (nSPS) is 11.9. The highest BCUT2D eigenvalue weighted by molar-refractivity contribution is 5.71. The Bertz CT molecular complexity index is 811. The molecule has 54 heavy (non-hydrogen) atoms. The zero-order valence-electron chi connectivity index (χ0n) is 36.7. The highest BCUT2D eigenvalue weighted by Gasteiger charge is 2.19. The van der Waals surface area contributed by atoms with Gasteiger partial charge in [-0.25, -0.2) is 0 Å². The fourth-order valence-electron chi connectivity index (χ4n) is 7.16. The highest BCUT2D eigenvalue weighted by Crippen LogP contribution is 2.17. The van der Waals surface area contributed by atoms with Crippen LogP contribution in [0.1, 0.15) is 265 Å². The lowest BCUT2D eigenvalue weighted by atomic mass is 10.0. The first-order valence-corrected chi connectivity index (χ1v) is 23.9. The topological polar surface area (TPSA) is 78.9 Å². The molecule has 0 aromatic heterocycles. The van der Waals surface area contributed by atoms with E-state index in [1.54, 1.807) is 0 Å². The van der Waals surface area contributed by atoms with Crippen LogP contribution in [-0.2, 0) is 28.6 Å². The highest BCUT2D eigenvalue weighted by atomic mass is 16.6. The summed E-state index contributed by atoms with van der Waals surface area (Å²) in [6.45, 7) is 8.97. The van der Waals surface area contributed by atoms with Crippen LogP contribution in [0.3, 0.4) is 0 Å². The van der Waals surface area contributed by atoms with E-state index >= 15 is 0 Å². The Balaban J connectivity index is 4.14. The van der Waals surface area contributed by atoms with Crippen molar-refractivity contribution in [2.24, 2.45) is 5.92 Å². The Kier molecular flexibility index (Phi) is 41.3. The van der Waals surface area contributed by atoms with Gasteiger partial charge in [0.2, 0.25) is 0 Å². The molecular formula is C48H92O6. The third-order valence-corrected chi connectivity index (χ3v) is 10.8. The predicted molar refractivity (Wildman–Crippen MR) is 229 cm³/mol. The van der Waals surface area contributed by atoms with Gasteiger partial charge in [-0.2, -0.15) is 0 Å². The summed E-state index contributed by atoms with van der Waals surface area (Å²) >= 11 is 0. The van der Waals surface area contributed by atoms with Crippen LogP contribution in [0.25, 0.3) is 0 Å². The van der Waals surface area contributed by atoms with Crippen molar-refractivity contribution < 1.29 is 28.6 Å². The van der Waals surface area contributed by atoms with Gasteiger partial charge in [0.05, 0.1) is 0 Å². The number of rotatable bonds is 43. The quantitative estimate of drug-likeness (QED) is 0.0349. The number of ether oxygens (including phenoxy) is 3. The fourth-order valence-corrected chi connectivity index (χ4v) is 7.16. The van der Waals surface area contributed by atoms with Crippen LogP contribution < -0.4 is 0 Å². The van der Waals surface area contributed by atoms with E-state index in [1.807, 2.05) is 0 Å². The van der Waals surface area contributed by atoms with Crippen molar-refractivity contribution in [3.05, 3.63) is 0 Å². The van der Waals surface area contributed by atoms with Gasteiger partial charge in [0.25, 0.3) is 0 Å². The van der Waals surface area contributed by atoms with Crippen molar-refractivity contribution in [1.29, 1.82) is 0 Å². The number of hydrogen-bond acceptors (Lipinski definition) is 6. The van der Waals surface area contributed by atoms with Crippen LogP contribution in [0.5, 0.6) is 0 Å². The van der Waals surface area contributed by atoms with Gasteiger partial charge < -0.3 is 14.2 Å². The molecule has 0 aromatic carbocycles. The standard InChI is InChI=1S/C48H92O6/c1-5-7-9-11-13-14-24-29-33-37-41-48(51)54-45(42-52-46(49)39-35-31-26-12-10-8-6-2)43-53-47(50)40-36-32-28-25-22-20-18-16-15-17-19-21-23-27-30-34-38-44(3)4/h44-45H,5-43H2,1-4H3/t45-/m0/s1. The molecule has 0 fully saturated rings. The molecule has 0 bridgehead atoms. The minimum atomic E-state index is -0.757. The maximum Gasteiger partial charge on any atom is 0.306 e. The third-order valence-electron chi connectivity index (χ3n) is 10.8. The van der Waals surface area contributed by atoms with Crippen molar-refractivity contribution in [3.63, 3.8) is 0 Å². The second-order valence-corrected chi connectivity index (χ2v) is 16.9. The average molecular weight is 765 g/mol. The summed E-state index contributed by atoms with van der Waals surface area (Å²) in [5.41, 5.74) is 0. The summed E-state index contributed by atoms with van der Waals surface area (Å²) in [7, 11) is 0. The Morgan fingerprint density at radius 3 is 0.907 bits per heavy atom. The zero-order chi connectivity index (χ0) is 39.6. The van der Waals surface area contributed by atoms with E-state index in [0.717, 1.165) is 63.7 Å². The zero-order valence-corrected chi connectivity index (χ0v) is 36.7. The van der Waals surface area contributed by atoms with Gasteiger partial charge in [0.15, 0.2) is 6.10 Å². The molecule has 0 unspecified atom stereocenters. The molecule has 0 saturated heterocycles. The van der Waals surface area contributed by atoms with Gasteiger partial charge in [-0.05, 0) is 25.2 Å². The van der Waals surface area contributed by atoms with Gasteiger partial charge >= 0.3 is 17.9 Å². The van der Waals surface area contributed by atoms with E-state index in [2.05, 4.69) is 27.7 Å². The number of unbranched alkanes of at least 4 members (excludes halogenated alkanes) is 30. The molecule has 6 heteroatoms.